The summed E-state index contributed by atoms with van der Waals surface area (Å²) in [6.45, 7) is 0. The monoisotopic (exact) mass is 288 g/mol. The third-order valence-corrected chi connectivity index (χ3v) is 3.96. The van der Waals surface area contributed by atoms with Crippen LogP contribution in [-0.4, -0.2) is 15.0 Å². The van der Waals surface area contributed by atoms with Gasteiger partial charge in [-0.2, -0.15) is 9.97 Å². The van der Waals surface area contributed by atoms with E-state index in [1.807, 2.05) is 24.3 Å². The molecule has 0 atom stereocenters. The Morgan fingerprint density at radius 2 is 1.75 bits per heavy atom. The first-order valence-electron chi connectivity index (χ1n) is 6.95. The van der Waals surface area contributed by atoms with Gasteiger partial charge in [-0.15, -0.1) is 0 Å². The summed E-state index contributed by atoms with van der Waals surface area (Å²) in [7, 11) is 0. The zero-order chi connectivity index (χ0) is 13.9. The minimum atomic E-state index is 0.325. The molecule has 1 heterocycles. The number of halogens is 1. The molecule has 1 aromatic carbocycles. The number of hydrogen-bond donors (Lipinski definition) is 1. The van der Waals surface area contributed by atoms with Crippen molar-refractivity contribution in [1.29, 1.82) is 0 Å². The topological polar surface area (TPSA) is 64.7 Å². The molecule has 1 fully saturated rings. The molecule has 20 heavy (non-hydrogen) atoms. The van der Waals surface area contributed by atoms with Crippen LogP contribution in [0, 0.1) is 0 Å². The van der Waals surface area contributed by atoms with Gasteiger partial charge in [0.1, 0.15) is 11.6 Å². The molecule has 1 aliphatic rings. The maximum atomic E-state index is 5.89. The van der Waals surface area contributed by atoms with Gasteiger partial charge in [-0.3, -0.25) is 0 Å². The Hall–Kier alpha value is -1.68. The lowest BCUT2D eigenvalue weighted by Crippen LogP contribution is -2.10. The Morgan fingerprint density at radius 1 is 1.05 bits per heavy atom. The number of rotatable bonds is 3. The van der Waals surface area contributed by atoms with Gasteiger partial charge in [0.25, 0.3) is 0 Å². The second-order valence-corrected chi connectivity index (χ2v) is 5.69. The Morgan fingerprint density at radius 3 is 2.45 bits per heavy atom. The third-order valence-electron chi connectivity index (χ3n) is 3.71. The van der Waals surface area contributed by atoms with E-state index in [0.717, 1.165) is 35.1 Å². The minimum Gasteiger partial charge on any atom is -0.368 e. The summed E-state index contributed by atoms with van der Waals surface area (Å²) < 4.78 is 0. The van der Waals surface area contributed by atoms with E-state index in [-0.39, 0.29) is 0 Å². The third kappa shape index (κ3) is 3.07. The standard InChI is InChI=1S/C15H17ClN4/c16-12-7-5-10(6-8-12)9-13-18-14(20-15(17)19-13)11-3-1-2-4-11/h5-8,11H,1-4,9H2,(H2,17,18,19,20). The van der Waals surface area contributed by atoms with Gasteiger partial charge in [-0.25, -0.2) is 4.98 Å². The van der Waals surface area contributed by atoms with E-state index in [9.17, 15) is 0 Å². The van der Waals surface area contributed by atoms with Gasteiger partial charge in [0, 0.05) is 17.4 Å². The first kappa shape index (κ1) is 13.3. The molecule has 104 valence electrons. The molecule has 0 spiro atoms. The minimum absolute atomic E-state index is 0.325. The van der Waals surface area contributed by atoms with Crippen molar-refractivity contribution in [3.05, 3.63) is 46.5 Å². The van der Waals surface area contributed by atoms with Crippen LogP contribution in [0.4, 0.5) is 5.95 Å². The van der Waals surface area contributed by atoms with E-state index >= 15 is 0 Å². The summed E-state index contributed by atoms with van der Waals surface area (Å²) in [5, 5.41) is 0.732. The van der Waals surface area contributed by atoms with E-state index in [0.29, 0.717) is 18.3 Å². The van der Waals surface area contributed by atoms with Gasteiger partial charge in [-0.05, 0) is 30.5 Å². The molecule has 4 nitrogen and oxygen atoms in total. The van der Waals surface area contributed by atoms with Crippen LogP contribution in [0.5, 0.6) is 0 Å². The molecule has 1 aliphatic carbocycles. The van der Waals surface area contributed by atoms with Crippen molar-refractivity contribution in [2.24, 2.45) is 0 Å². The molecule has 2 aromatic rings. The van der Waals surface area contributed by atoms with E-state index in [1.165, 1.54) is 12.8 Å². The fourth-order valence-electron chi connectivity index (χ4n) is 2.69. The van der Waals surface area contributed by atoms with Crippen molar-refractivity contribution >= 4 is 17.5 Å². The molecule has 1 saturated carbocycles. The molecule has 0 radical (unpaired) electrons. The number of benzene rings is 1. The molecule has 5 heteroatoms. The van der Waals surface area contributed by atoms with Crippen LogP contribution in [0.25, 0.3) is 0 Å². The van der Waals surface area contributed by atoms with Crippen molar-refractivity contribution in [1.82, 2.24) is 15.0 Å². The Balaban J connectivity index is 1.83. The highest BCUT2D eigenvalue weighted by atomic mass is 35.5. The van der Waals surface area contributed by atoms with Crippen LogP contribution in [-0.2, 0) is 6.42 Å². The Labute approximate surface area is 123 Å². The predicted octanol–water partition coefficient (Wildman–Crippen LogP) is 3.36. The number of nitrogen functional groups attached to an aromatic ring is 1. The molecule has 1 aromatic heterocycles. The molecule has 0 aliphatic heterocycles. The molecule has 0 saturated heterocycles. The molecule has 0 bridgehead atoms. The van der Waals surface area contributed by atoms with Gasteiger partial charge in [0.15, 0.2) is 0 Å². The highest BCUT2D eigenvalue weighted by molar-refractivity contribution is 6.30. The van der Waals surface area contributed by atoms with E-state index in [2.05, 4.69) is 15.0 Å². The van der Waals surface area contributed by atoms with Crippen molar-refractivity contribution < 1.29 is 0 Å². The Bertz CT molecular complexity index is 591. The SMILES string of the molecule is Nc1nc(Cc2ccc(Cl)cc2)nc(C2CCCC2)n1. The first-order valence-corrected chi connectivity index (χ1v) is 7.33. The lowest BCUT2D eigenvalue weighted by Gasteiger charge is -2.09. The van der Waals surface area contributed by atoms with Crippen molar-refractivity contribution in [3.8, 4) is 0 Å². The van der Waals surface area contributed by atoms with Gasteiger partial charge in [-0.1, -0.05) is 36.6 Å². The van der Waals surface area contributed by atoms with E-state index in [1.54, 1.807) is 0 Å². The van der Waals surface area contributed by atoms with Crippen LogP contribution in [0.2, 0.25) is 5.02 Å². The molecule has 3 rings (SSSR count). The van der Waals surface area contributed by atoms with Crippen LogP contribution < -0.4 is 5.73 Å². The number of nitrogens with zero attached hydrogens (tertiary/aromatic N) is 3. The van der Waals surface area contributed by atoms with E-state index < -0.39 is 0 Å². The first-order chi connectivity index (χ1) is 9.70. The average molecular weight is 289 g/mol. The maximum absolute atomic E-state index is 5.89. The molecule has 0 unspecified atom stereocenters. The van der Waals surface area contributed by atoms with Crippen LogP contribution >= 0.6 is 11.6 Å². The van der Waals surface area contributed by atoms with Crippen LogP contribution in [0.15, 0.2) is 24.3 Å². The quantitative estimate of drug-likeness (QED) is 0.940. The number of anilines is 1. The number of aromatic nitrogens is 3. The summed E-state index contributed by atoms with van der Waals surface area (Å²) in [6.07, 6.45) is 5.48. The summed E-state index contributed by atoms with van der Waals surface area (Å²) in [4.78, 5) is 13.1. The fourth-order valence-corrected chi connectivity index (χ4v) is 2.81. The second kappa shape index (κ2) is 5.75. The van der Waals surface area contributed by atoms with Crippen LogP contribution in [0.3, 0.4) is 0 Å². The number of nitrogens with two attached hydrogens (primary N) is 1. The summed E-state index contributed by atoms with van der Waals surface area (Å²) in [5.41, 5.74) is 6.94. The molecular weight excluding hydrogens is 272 g/mol. The van der Waals surface area contributed by atoms with Gasteiger partial charge in [0.2, 0.25) is 5.95 Å². The van der Waals surface area contributed by atoms with Crippen molar-refractivity contribution in [2.75, 3.05) is 5.73 Å². The van der Waals surface area contributed by atoms with Gasteiger partial charge < -0.3 is 5.73 Å². The van der Waals surface area contributed by atoms with Crippen LogP contribution in [0.1, 0.15) is 48.8 Å². The largest absolute Gasteiger partial charge is 0.368 e. The summed E-state index contributed by atoms with van der Waals surface area (Å²) in [5.74, 6) is 2.37. The molecule has 0 amide bonds. The molecular formula is C15H17ClN4. The predicted molar refractivity (Wildman–Crippen MR) is 79.7 cm³/mol. The maximum Gasteiger partial charge on any atom is 0.223 e. The lowest BCUT2D eigenvalue weighted by molar-refractivity contribution is 0.654. The van der Waals surface area contributed by atoms with Crippen molar-refractivity contribution in [2.45, 2.75) is 38.0 Å². The van der Waals surface area contributed by atoms with Gasteiger partial charge in [0.05, 0.1) is 0 Å². The van der Waals surface area contributed by atoms with E-state index in [4.69, 9.17) is 17.3 Å². The highest BCUT2D eigenvalue weighted by Gasteiger charge is 2.21. The molecule has 2 N–H and O–H groups in total. The Kier molecular flexibility index (Phi) is 3.83. The second-order valence-electron chi connectivity index (χ2n) is 5.25. The van der Waals surface area contributed by atoms with Crippen molar-refractivity contribution in [3.63, 3.8) is 0 Å². The zero-order valence-corrected chi connectivity index (χ0v) is 12.0. The smallest absolute Gasteiger partial charge is 0.223 e. The summed E-state index contributed by atoms with van der Waals surface area (Å²) in [6, 6.07) is 7.72. The normalized spacial score (nSPS) is 15.7. The number of hydrogen-bond acceptors (Lipinski definition) is 4. The summed E-state index contributed by atoms with van der Waals surface area (Å²) >= 11 is 5.89. The van der Waals surface area contributed by atoms with Gasteiger partial charge >= 0.3 is 0 Å². The highest BCUT2D eigenvalue weighted by Crippen LogP contribution is 2.32. The average Bonchev–Trinajstić information content (AvgIpc) is 2.95. The lowest BCUT2D eigenvalue weighted by atomic mass is 10.1. The fraction of sp³-hybridized carbons (Fsp3) is 0.400. The zero-order valence-electron chi connectivity index (χ0n) is 11.2.